The van der Waals surface area contributed by atoms with Crippen molar-refractivity contribution in [1.29, 1.82) is 0 Å². The van der Waals surface area contributed by atoms with Gasteiger partial charge in [0.15, 0.2) is 0 Å². The molecule has 27 heavy (non-hydrogen) atoms. The standard InChI is InChI=1S/C21H29N5O/c1-22-20-9-10-23-21(25-20)24-17-7-8-18(16-5-6-16)19(15-17)27-14-4-13-26-11-2-3-12-26/h7-10,15-16H,2-6,11-14H2,1H3,(H2,22,23,24,25). The van der Waals surface area contributed by atoms with Crippen LogP contribution in [0, 0.1) is 0 Å². The molecule has 4 rings (SSSR count). The van der Waals surface area contributed by atoms with Crippen LogP contribution in [-0.2, 0) is 0 Å². The van der Waals surface area contributed by atoms with Crippen molar-refractivity contribution in [3.05, 3.63) is 36.0 Å². The van der Waals surface area contributed by atoms with E-state index in [1.54, 1.807) is 6.20 Å². The molecule has 1 saturated heterocycles. The molecule has 0 amide bonds. The third-order valence-electron chi connectivity index (χ3n) is 5.27. The van der Waals surface area contributed by atoms with E-state index < -0.39 is 0 Å². The second-order valence-electron chi connectivity index (χ2n) is 7.42. The number of likely N-dealkylation sites (tertiary alicyclic amines) is 1. The minimum Gasteiger partial charge on any atom is -0.493 e. The van der Waals surface area contributed by atoms with E-state index in [9.17, 15) is 0 Å². The molecule has 1 aliphatic carbocycles. The molecule has 1 aromatic carbocycles. The van der Waals surface area contributed by atoms with Gasteiger partial charge in [-0.3, -0.25) is 0 Å². The number of nitrogens with zero attached hydrogens (tertiary/aromatic N) is 3. The van der Waals surface area contributed by atoms with Crippen molar-refractivity contribution in [3.8, 4) is 5.75 Å². The van der Waals surface area contributed by atoms with Crippen LogP contribution in [0.4, 0.5) is 17.5 Å². The first-order valence-corrected chi connectivity index (χ1v) is 10.1. The summed E-state index contributed by atoms with van der Waals surface area (Å²) in [6.07, 6.45) is 8.05. The highest BCUT2D eigenvalue weighted by Crippen LogP contribution is 2.45. The molecule has 0 spiro atoms. The number of nitrogens with one attached hydrogen (secondary N) is 2. The van der Waals surface area contributed by atoms with E-state index in [4.69, 9.17) is 4.74 Å². The van der Waals surface area contributed by atoms with Gasteiger partial charge in [0.25, 0.3) is 0 Å². The minimum absolute atomic E-state index is 0.584. The Morgan fingerprint density at radius 3 is 2.81 bits per heavy atom. The Hall–Kier alpha value is -2.34. The summed E-state index contributed by atoms with van der Waals surface area (Å²) >= 11 is 0. The van der Waals surface area contributed by atoms with Crippen LogP contribution < -0.4 is 15.4 Å². The van der Waals surface area contributed by atoms with E-state index in [0.717, 1.165) is 36.8 Å². The Morgan fingerprint density at radius 1 is 1.19 bits per heavy atom. The maximum atomic E-state index is 6.20. The van der Waals surface area contributed by atoms with Gasteiger partial charge in [-0.1, -0.05) is 6.07 Å². The fourth-order valence-corrected chi connectivity index (χ4v) is 3.63. The lowest BCUT2D eigenvalue weighted by molar-refractivity contribution is 0.262. The molecule has 2 aliphatic rings. The smallest absolute Gasteiger partial charge is 0.229 e. The fraction of sp³-hybridized carbons (Fsp3) is 0.524. The predicted molar refractivity (Wildman–Crippen MR) is 109 cm³/mol. The topological polar surface area (TPSA) is 62.3 Å². The molecule has 0 radical (unpaired) electrons. The Labute approximate surface area is 161 Å². The van der Waals surface area contributed by atoms with Crippen molar-refractivity contribution in [2.24, 2.45) is 0 Å². The zero-order valence-corrected chi connectivity index (χ0v) is 16.1. The molecule has 0 bridgehead atoms. The summed E-state index contributed by atoms with van der Waals surface area (Å²) in [7, 11) is 1.85. The van der Waals surface area contributed by atoms with Crippen LogP contribution in [0.25, 0.3) is 0 Å². The van der Waals surface area contributed by atoms with Crippen LogP contribution in [0.5, 0.6) is 5.75 Å². The normalized spacial score (nSPS) is 17.1. The zero-order chi connectivity index (χ0) is 18.5. The number of aromatic nitrogens is 2. The summed E-state index contributed by atoms with van der Waals surface area (Å²) < 4.78 is 6.20. The molecule has 2 N–H and O–H groups in total. The molecule has 0 unspecified atom stereocenters. The number of rotatable bonds is 9. The molecule has 0 atom stereocenters. The van der Waals surface area contributed by atoms with Crippen molar-refractivity contribution in [2.45, 2.75) is 38.0 Å². The molecule has 2 fully saturated rings. The average molecular weight is 367 g/mol. The maximum Gasteiger partial charge on any atom is 0.229 e. The van der Waals surface area contributed by atoms with Gasteiger partial charge in [0.1, 0.15) is 11.6 Å². The van der Waals surface area contributed by atoms with Gasteiger partial charge in [-0.25, -0.2) is 4.98 Å². The Balaban J connectivity index is 1.40. The molecule has 1 saturated carbocycles. The Morgan fingerprint density at radius 2 is 2.04 bits per heavy atom. The molecule has 2 heterocycles. The molecule has 1 aliphatic heterocycles. The summed E-state index contributed by atoms with van der Waals surface area (Å²) in [6, 6.07) is 8.23. The average Bonchev–Trinajstić information content (AvgIpc) is 3.41. The second-order valence-corrected chi connectivity index (χ2v) is 7.42. The van der Waals surface area contributed by atoms with Crippen LogP contribution in [0.1, 0.15) is 43.6 Å². The highest BCUT2D eigenvalue weighted by atomic mass is 16.5. The molecule has 2 aromatic rings. The number of hydrogen-bond acceptors (Lipinski definition) is 6. The van der Waals surface area contributed by atoms with Gasteiger partial charge in [-0.2, -0.15) is 4.98 Å². The first-order valence-electron chi connectivity index (χ1n) is 10.1. The van der Waals surface area contributed by atoms with Crippen molar-refractivity contribution in [3.63, 3.8) is 0 Å². The Bertz CT molecular complexity index is 756. The summed E-state index contributed by atoms with van der Waals surface area (Å²) in [5, 5.41) is 6.32. The van der Waals surface area contributed by atoms with Crippen LogP contribution in [-0.4, -0.2) is 48.2 Å². The van der Waals surface area contributed by atoms with Crippen LogP contribution in [0.2, 0.25) is 0 Å². The van der Waals surface area contributed by atoms with Crippen LogP contribution >= 0.6 is 0 Å². The predicted octanol–water partition coefficient (Wildman–Crippen LogP) is 4.00. The van der Waals surface area contributed by atoms with E-state index in [1.165, 1.54) is 44.3 Å². The van der Waals surface area contributed by atoms with E-state index >= 15 is 0 Å². The van der Waals surface area contributed by atoms with Gasteiger partial charge in [0.2, 0.25) is 5.95 Å². The lowest BCUT2D eigenvalue weighted by Gasteiger charge is -2.16. The summed E-state index contributed by atoms with van der Waals surface area (Å²) in [4.78, 5) is 11.3. The van der Waals surface area contributed by atoms with Crippen molar-refractivity contribution < 1.29 is 4.74 Å². The van der Waals surface area contributed by atoms with Crippen molar-refractivity contribution in [2.75, 3.05) is 43.9 Å². The number of benzene rings is 1. The zero-order valence-electron chi connectivity index (χ0n) is 16.1. The molecule has 6 heteroatoms. The largest absolute Gasteiger partial charge is 0.493 e. The Kier molecular flexibility index (Phi) is 5.72. The monoisotopic (exact) mass is 367 g/mol. The van der Waals surface area contributed by atoms with Crippen LogP contribution in [0.3, 0.4) is 0 Å². The molecular formula is C21H29N5O. The summed E-state index contributed by atoms with van der Waals surface area (Å²) in [5.74, 6) is 3.05. The fourth-order valence-electron chi connectivity index (χ4n) is 3.63. The first-order chi connectivity index (χ1) is 13.3. The summed E-state index contributed by atoms with van der Waals surface area (Å²) in [6.45, 7) is 4.41. The SMILES string of the molecule is CNc1ccnc(Nc2ccc(C3CC3)c(OCCCN3CCCC3)c2)n1. The molecule has 144 valence electrons. The van der Waals surface area contributed by atoms with Gasteiger partial charge in [-0.15, -0.1) is 0 Å². The quantitative estimate of drug-likeness (QED) is 0.653. The van der Waals surface area contributed by atoms with E-state index in [2.05, 4.69) is 43.7 Å². The number of anilines is 3. The first kappa shape index (κ1) is 18.0. The van der Waals surface area contributed by atoms with Gasteiger partial charge in [-0.05, 0) is 68.8 Å². The van der Waals surface area contributed by atoms with Crippen molar-refractivity contribution in [1.82, 2.24) is 14.9 Å². The molecule has 6 nitrogen and oxygen atoms in total. The highest BCUT2D eigenvalue weighted by molar-refractivity contribution is 5.59. The minimum atomic E-state index is 0.584. The molecular weight excluding hydrogens is 338 g/mol. The second kappa shape index (κ2) is 8.57. The van der Waals surface area contributed by atoms with E-state index in [1.807, 2.05) is 13.1 Å². The van der Waals surface area contributed by atoms with Gasteiger partial charge >= 0.3 is 0 Å². The van der Waals surface area contributed by atoms with E-state index in [-0.39, 0.29) is 0 Å². The third-order valence-corrected chi connectivity index (χ3v) is 5.27. The number of hydrogen-bond donors (Lipinski definition) is 2. The lowest BCUT2D eigenvalue weighted by Crippen LogP contribution is -2.22. The third kappa shape index (κ3) is 4.89. The van der Waals surface area contributed by atoms with Gasteiger partial charge in [0.05, 0.1) is 6.61 Å². The molecule has 1 aromatic heterocycles. The van der Waals surface area contributed by atoms with E-state index in [0.29, 0.717) is 11.9 Å². The van der Waals surface area contributed by atoms with Crippen molar-refractivity contribution >= 4 is 17.5 Å². The van der Waals surface area contributed by atoms with Gasteiger partial charge < -0.3 is 20.3 Å². The van der Waals surface area contributed by atoms with Crippen LogP contribution in [0.15, 0.2) is 30.5 Å². The lowest BCUT2D eigenvalue weighted by atomic mass is 10.1. The number of ether oxygens (including phenoxy) is 1. The highest BCUT2D eigenvalue weighted by Gasteiger charge is 2.27. The maximum absolute atomic E-state index is 6.20. The summed E-state index contributed by atoms with van der Waals surface area (Å²) in [5.41, 5.74) is 2.30. The van der Waals surface area contributed by atoms with Gasteiger partial charge in [0, 0.05) is 31.5 Å².